The number of hydrogen-bond donors (Lipinski definition) is 0. The van der Waals surface area contributed by atoms with Crippen LogP contribution < -0.4 is 20.7 Å². The van der Waals surface area contributed by atoms with Gasteiger partial charge in [0.05, 0.1) is 44.5 Å². The van der Waals surface area contributed by atoms with Gasteiger partial charge in [-0.05, 0) is 45.2 Å². The van der Waals surface area contributed by atoms with Gasteiger partial charge in [-0.25, -0.2) is 4.79 Å². The first-order valence-electron chi connectivity index (χ1n) is 32.3. The molecular formula is C66H112N2O11. The number of esters is 1. The Morgan fingerprint density at radius 3 is 1.42 bits per heavy atom. The number of para-hydroxylation sites is 1. The van der Waals surface area contributed by atoms with Crippen LogP contribution in [-0.2, 0) is 28.5 Å². The highest BCUT2D eigenvalue weighted by Crippen LogP contribution is 2.36. The molecule has 1 unspecified atom stereocenters. The highest BCUT2D eigenvalue weighted by molar-refractivity contribution is 5.99. The number of unbranched alkanes of at least 4 members (excludes halogenated alkanes) is 34. The summed E-state index contributed by atoms with van der Waals surface area (Å²) in [4.78, 5) is 68.1. The molecule has 0 N–H and O–H groups in total. The lowest BCUT2D eigenvalue weighted by Crippen LogP contribution is -2.48. The van der Waals surface area contributed by atoms with Gasteiger partial charge in [0.1, 0.15) is 11.9 Å². The number of carbonyl (C=O) groups excluding carboxylic acids is 3. The monoisotopic (exact) mass is 1110 g/mol. The zero-order valence-corrected chi connectivity index (χ0v) is 50.9. The molecule has 2 aromatic rings. The van der Waals surface area contributed by atoms with Crippen molar-refractivity contribution in [1.82, 2.24) is 9.13 Å². The van der Waals surface area contributed by atoms with Crippen molar-refractivity contribution in [1.29, 1.82) is 0 Å². The van der Waals surface area contributed by atoms with Crippen molar-refractivity contribution < 1.29 is 42.8 Å². The Balaban J connectivity index is 1.65. The topological polar surface area (TPSA) is 151 Å². The fourth-order valence-corrected chi connectivity index (χ4v) is 10.8. The summed E-state index contributed by atoms with van der Waals surface area (Å²) < 4.78 is 38.4. The van der Waals surface area contributed by atoms with Gasteiger partial charge in [-0.2, -0.15) is 4.57 Å². The van der Waals surface area contributed by atoms with E-state index in [0.717, 1.165) is 38.5 Å². The average Bonchev–Trinajstić information content (AvgIpc) is 3.85. The molecule has 13 heteroatoms. The van der Waals surface area contributed by atoms with Gasteiger partial charge in [0.2, 0.25) is 0 Å². The number of rotatable bonds is 51. The third-order valence-corrected chi connectivity index (χ3v) is 15.7. The second-order valence-corrected chi connectivity index (χ2v) is 22.8. The van der Waals surface area contributed by atoms with E-state index in [0.29, 0.717) is 30.0 Å². The summed E-state index contributed by atoms with van der Waals surface area (Å²) in [6.45, 7) is 10.4. The lowest BCUT2D eigenvalue weighted by Gasteiger charge is -2.25. The Labute approximate surface area is 478 Å². The van der Waals surface area contributed by atoms with Crippen LogP contribution in [0.4, 0.5) is 0 Å². The van der Waals surface area contributed by atoms with Gasteiger partial charge in [-0.1, -0.05) is 245 Å². The summed E-state index contributed by atoms with van der Waals surface area (Å²) in [6, 6.07) is 5.05. The second kappa shape index (κ2) is 44.8. The van der Waals surface area contributed by atoms with Gasteiger partial charge >= 0.3 is 11.7 Å². The first-order valence-corrected chi connectivity index (χ1v) is 32.3. The van der Waals surface area contributed by atoms with E-state index in [4.69, 9.17) is 28.4 Å². The smallest absolute Gasteiger partial charge is 0.340 e. The van der Waals surface area contributed by atoms with Gasteiger partial charge in [0.15, 0.2) is 23.8 Å². The molecule has 1 aromatic heterocycles. The van der Waals surface area contributed by atoms with Crippen molar-refractivity contribution in [2.24, 2.45) is 0 Å². The Morgan fingerprint density at radius 2 is 0.987 bits per heavy atom. The van der Waals surface area contributed by atoms with Gasteiger partial charge in [-0.15, -0.1) is 0 Å². The fraction of sp³-hybridized carbons (Fsp3) is 0.803. The lowest BCUT2D eigenvalue weighted by molar-refractivity contribution is -0.159. The lowest BCUT2D eigenvalue weighted by atomic mass is 10.0. The van der Waals surface area contributed by atoms with Gasteiger partial charge in [0.25, 0.3) is 11.5 Å². The summed E-state index contributed by atoms with van der Waals surface area (Å²) in [5, 5.41) is 0. The number of methoxy groups -OCH3 is 1. The standard InChI is InChI=1S/C66H112N2O11/c1-7-10-12-14-16-18-20-22-24-26-28-30-32-34-36-38-40-42-49-75-58-46-44-45-56(60(58)76-50-43-41-39-37-35-33-31-29-27-25-23-21-19-17-15-13-11-8-2)64(72)68-63(71)54(4)53-67(66(68)73)65-62(77-52-51-74-6)61(57(9-3)78-65)79-59(70)48-47-55(5)69/h44-46,53,57,61-62,65H,7-43,47-52H2,1-6H3/t57-,61?,62+,65-/m1/s1. The molecule has 3 rings (SSSR count). The van der Waals surface area contributed by atoms with Crippen LogP contribution in [0, 0.1) is 6.92 Å². The number of hydrogen-bond acceptors (Lipinski definition) is 11. The molecule has 1 saturated heterocycles. The molecule has 0 saturated carbocycles. The molecule has 1 aromatic carbocycles. The van der Waals surface area contributed by atoms with Crippen LogP contribution >= 0.6 is 0 Å². The quantitative estimate of drug-likeness (QED) is 0.0460. The zero-order chi connectivity index (χ0) is 57.1. The molecular weight excluding hydrogens is 997 g/mol. The number of Topliss-reactive ketones (excluding diaryl/α,β-unsaturated/α-hetero) is 1. The van der Waals surface area contributed by atoms with Crippen molar-refractivity contribution in [2.45, 2.75) is 310 Å². The fourth-order valence-electron chi connectivity index (χ4n) is 10.8. The molecule has 0 aliphatic carbocycles. The molecule has 0 bridgehead atoms. The van der Waals surface area contributed by atoms with Crippen LogP contribution in [0.1, 0.15) is 300 Å². The largest absolute Gasteiger partial charge is 0.490 e. The van der Waals surface area contributed by atoms with E-state index >= 15 is 0 Å². The summed E-state index contributed by atoms with van der Waals surface area (Å²) in [5.74, 6) is -1.00. The number of aromatic nitrogens is 2. The van der Waals surface area contributed by atoms with E-state index in [-0.39, 0.29) is 48.7 Å². The molecule has 0 spiro atoms. The van der Waals surface area contributed by atoms with E-state index in [1.165, 1.54) is 224 Å². The normalized spacial score (nSPS) is 16.2. The van der Waals surface area contributed by atoms with Crippen LogP contribution in [0.3, 0.4) is 0 Å². The third kappa shape index (κ3) is 28.6. The summed E-state index contributed by atoms with van der Waals surface area (Å²) in [6.07, 6.45) is 43.9. The van der Waals surface area contributed by atoms with Crippen LogP contribution in [0.15, 0.2) is 34.0 Å². The number of carbonyl (C=O) groups is 3. The SMILES string of the molecule is CCCCCCCCCCCCCCCCCCCCOc1cccc(C(=O)n2c(=O)c(C)cn([C@@H]3O[C@H](CC)C(OC(=O)CCC(C)=O)[C@@H]3OCCOC)c2=O)c1OCCCCCCCCCCCCCCCCCCCC. The van der Waals surface area contributed by atoms with E-state index in [1.807, 2.05) is 6.92 Å². The van der Waals surface area contributed by atoms with Gasteiger partial charge in [0, 0.05) is 25.3 Å². The second-order valence-electron chi connectivity index (χ2n) is 22.8. The van der Waals surface area contributed by atoms with E-state index in [2.05, 4.69) is 13.8 Å². The average molecular weight is 1110 g/mol. The molecule has 13 nitrogen and oxygen atoms in total. The maximum Gasteiger partial charge on any atom is 0.340 e. The molecule has 79 heavy (non-hydrogen) atoms. The number of ether oxygens (including phenoxy) is 6. The summed E-state index contributed by atoms with van der Waals surface area (Å²) >= 11 is 0. The Hall–Kier alpha value is -3.81. The Kier molecular flexibility index (Phi) is 39.4. The van der Waals surface area contributed by atoms with Crippen molar-refractivity contribution >= 4 is 17.7 Å². The van der Waals surface area contributed by atoms with E-state index in [9.17, 15) is 24.0 Å². The highest BCUT2D eigenvalue weighted by Gasteiger charge is 2.49. The van der Waals surface area contributed by atoms with E-state index < -0.39 is 47.7 Å². The minimum atomic E-state index is -1.18. The molecule has 0 radical (unpaired) electrons. The molecule has 1 aliphatic rings. The molecule has 2 heterocycles. The summed E-state index contributed by atoms with van der Waals surface area (Å²) in [5.41, 5.74) is -1.56. The molecule has 1 fully saturated rings. The van der Waals surface area contributed by atoms with Crippen LogP contribution in [-0.4, -0.2) is 78.6 Å². The maximum absolute atomic E-state index is 14.8. The molecule has 4 atom stereocenters. The summed E-state index contributed by atoms with van der Waals surface area (Å²) in [7, 11) is 1.53. The Morgan fingerprint density at radius 1 is 0.544 bits per heavy atom. The van der Waals surface area contributed by atoms with Crippen molar-refractivity contribution in [3.05, 3.63) is 56.4 Å². The predicted octanol–water partition coefficient (Wildman–Crippen LogP) is 16.5. The van der Waals surface area contributed by atoms with Gasteiger partial charge in [-0.3, -0.25) is 19.0 Å². The number of benzene rings is 1. The van der Waals surface area contributed by atoms with Crippen molar-refractivity contribution in [3.63, 3.8) is 0 Å². The minimum absolute atomic E-state index is 0.0185. The first kappa shape index (κ1) is 69.5. The molecule has 452 valence electrons. The number of aryl methyl sites for hydroxylation is 1. The van der Waals surface area contributed by atoms with Crippen molar-refractivity contribution in [3.8, 4) is 11.5 Å². The Bertz CT molecular complexity index is 2030. The van der Waals surface area contributed by atoms with Crippen LogP contribution in [0.5, 0.6) is 11.5 Å². The predicted molar refractivity (Wildman–Crippen MR) is 320 cm³/mol. The maximum atomic E-state index is 14.8. The first-order chi connectivity index (χ1) is 38.6. The van der Waals surface area contributed by atoms with Crippen LogP contribution in [0.2, 0.25) is 0 Å². The van der Waals surface area contributed by atoms with E-state index in [1.54, 1.807) is 18.2 Å². The van der Waals surface area contributed by atoms with Gasteiger partial charge < -0.3 is 33.2 Å². The highest BCUT2D eigenvalue weighted by atomic mass is 16.6. The number of nitrogens with zero attached hydrogens (tertiary/aromatic N) is 2. The van der Waals surface area contributed by atoms with Crippen LogP contribution in [0.25, 0.3) is 0 Å². The molecule has 0 amide bonds. The zero-order valence-electron chi connectivity index (χ0n) is 50.9. The minimum Gasteiger partial charge on any atom is -0.490 e. The number of ketones is 1. The third-order valence-electron chi connectivity index (χ3n) is 15.7. The molecule has 1 aliphatic heterocycles. The van der Waals surface area contributed by atoms with Crippen molar-refractivity contribution in [2.75, 3.05) is 33.5 Å².